The predicted molar refractivity (Wildman–Crippen MR) is 243 cm³/mol. The van der Waals surface area contributed by atoms with Crippen molar-refractivity contribution in [1.82, 2.24) is 19.9 Å². The van der Waals surface area contributed by atoms with Crippen LogP contribution in [-0.4, -0.2) is 19.9 Å². The Bertz CT molecular complexity index is 3130. The average Bonchev–Trinajstić information content (AvgIpc) is 3.52. The Labute approximate surface area is 349 Å². The van der Waals surface area contributed by atoms with Gasteiger partial charge >= 0.3 is 0 Å². The summed E-state index contributed by atoms with van der Waals surface area (Å²) in [5, 5.41) is 0. The van der Waals surface area contributed by atoms with E-state index in [4.69, 9.17) is 24.7 Å². The van der Waals surface area contributed by atoms with Crippen molar-refractivity contribution in [2.24, 2.45) is 0 Å². The highest BCUT2D eigenvalue weighted by Gasteiger charge is 2.37. The van der Waals surface area contributed by atoms with E-state index in [1.165, 1.54) is 22.3 Å². The quantitative estimate of drug-likeness (QED) is 0.178. The molecule has 0 spiro atoms. The fraction of sp³-hybridized carbons (Fsp3) is 0.0545. The maximum atomic E-state index is 7.18. The molecule has 0 saturated heterocycles. The molecule has 1 aliphatic carbocycles. The average molecular weight is 771 g/mol. The summed E-state index contributed by atoms with van der Waals surface area (Å²) in [5.74, 6) is 2.90. The summed E-state index contributed by atoms with van der Waals surface area (Å²) < 4.78 is 7.18. The summed E-state index contributed by atoms with van der Waals surface area (Å²) in [5.41, 5.74) is 16.4. The van der Waals surface area contributed by atoms with Crippen molar-refractivity contribution in [2.75, 3.05) is 0 Å². The van der Waals surface area contributed by atoms with Crippen LogP contribution in [0.15, 0.2) is 182 Å². The number of rotatable bonds is 4. The Balaban J connectivity index is 1.13. The molecule has 60 heavy (non-hydrogen) atoms. The zero-order valence-corrected chi connectivity index (χ0v) is 33.2. The molecule has 5 heteroatoms. The van der Waals surface area contributed by atoms with Gasteiger partial charge < -0.3 is 4.74 Å². The first kappa shape index (κ1) is 35.4. The van der Waals surface area contributed by atoms with Gasteiger partial charge in [-0.2, -0.15) is 0 Å². The minimum atomic E-state index is -0.207. The minimum Gasteiger partial charge on any atom is -0.456 e. The van der Waals surface area contributed by atoms with Gasteiger partial charge in [-0.05, 0) is 74.8 Å². The number of fused-ring (bicyclic) bond motifs is 9. The van der Waals surface area contributed by atoms with E-state index in [2.05, 4.69) is 123 Å². The van der Waals surface area contributed by atoms with Gasteiger partial charge in [0.1, 0.15) is 11.5 Å². The van der Waals surface area contributed by atoms with Crippen LogP contribution in [0.1, 0.15) is 36.1 Å². The highest BCUT2D eigenvalue weighted by atomic mass is 16.5. The molecule has 9 aromatic rings. The Morgan fingerprint density at radius 3 is 1.73 bits per heavy atom. The van der Waals surface area contributed by atoms with Gasteiger partial charge in [0.15, 0.2) is 11.6 Å². The molecule has 2 aromatic heterocycles. The van der Waals surface area contributed by atoms with E-state index in [0.717, 1.165) is 78.5 Å². The summed E-state index contributed by atoms with van der Waals surface area (Å²) >= 11 is 0. The molecule has 0 amide bonds. The molecule has 0 saturated carbocycles. The Kier molecular flexibility index (Phi) is 8.41. The summed E-state index contributed by atoms with van der Waals surface area (Å²) in [4.78, 5) is 19.8. The number of nitrogens with zero attached hydrogens (tertiary/aromatic N) is 4. The van der Waals surface area contributed by atoms with Crippen molar-refractivity contribution >= 4 is 12.2 Å². The molecule has 0 bridgehead atoms. The summed E-state index contributed by atoms with van der Waals surface area (Å²) in [6, 6.07) is 59.1. The number of para-hydroxylation sites is 1. The largest absolute Gasteiger partial charge is 0.456 e. The third-order valence-electron chi connectivity index (χ3n) is 11.9. The van der Waals surface area contributed by atoms with Crippen LogP contribution in [-0.2, 0) is 5.41 Å². The number of ether oxygens (including phenoxy) is 1. The van der Waals surface area contributed by atoms with E-state index in [9.17, 15) is 0 Å². The minimum absolute atomic E-state index is 0.207. The van der Waals surface area contributed by atoms with Crippen LogP contribution >= 0.6 is 0 Å². The van der Waals surface area contributed by atoms with Crippen molar-refractivity contribution in [1.29, 1.82) is 0 Å². The van der Waals surface area contributed by atoms with E-state index >= 15 is 0 Å². The van der Waals surface area contributed by atoms with Gasteiger partial charge in [0.05, 0.1) is 11.4 Å². The lowest BCUT2D eigenvalue weighted by Gasteiger charge is -2.23. The molecular weight excluding hydrogens is 733 g/mol. The van der Waals surface area contributed by atoms with Gasteiger partial charge in [-0.3, -0.25) is 0 Å². The smallest absolute Gasteiger partial charge is 0.160 e. The molecular formula is C55H38N4O. The first-order valence-electron chi connectivity index (χ1n) is 20.3. The lowest BCUT2D eigenvalue weighted by Crippen LogP contribution is -2.15. The van der Waals surface area contributed by atoms with Crippen LogP contribution in [0.5, 0.6) is 11.5 Å². The molecule has 0 N–H and O–H groups in total. The van der Waals surface area contributed by atoms with Gasteiger partial charge in [-0.1, -0.05) is 166 Å². The van der Waals surface area contributed by atoms with Crippen LogP contribution in [0.25, 0.3) is 90.8 Å². The third-order valence-corrected chi connectivity index (χ3v) is 11.9. The van der Waals surface area contributed by atoms with Crippen LogP contribution in [0, 0.1) is 0 Å². The molecule has 2 aliphatic rings. The van der Waals surface area contributed by atoms with Gasteiger partial charge in [-0.25, -0.2) is 19.9 Å². The molecule has 0 unspecified atom stereocenters. The molecule has 0 atom stereocenters. The van der Waals surface area contributed by atoms with Crippen LogP contribution < -0.4 is 4.74 Å². The predicted octanol–water partition coefficient (Wildman–Crippen LogP) is 13.9. The normalized spacial score (nSPS) is 13.6. The molecule has 284 valence electrons. The second kappa shape index (κ2) is 14.3. The van der Waals surface area contributed by atoms with Gasteiger partial charge in [0, 0.05) is 51.2 Å². The number of hydrogen-bond acceptors (Lipinski definition) is 5. The first-order valence-corrected chi connectivity index (χ1v) is 20.3. The van der Waals surface area contributed by atoms with Crippen molar-refractivity contribution < 1.29 is 4.74 Å². The second-order valence-corrected chi connectivity index (χ2v) is 15.9. The Morgan fingerprint density at radius 2 is 0.983 bits per heavy atom. The van der Waals surface area contributed by atoms with Crippen LogP contribution in [0.3, 0.4) is 0 Å². The summed E-state index contributed by atoms with van der Waals surface area (Å²) in [6.45, 7) is 4.62. The van der Waals surface area contributed by atoms with Crippen molar-refractivity contribution in [3.63, 3.8) is 0 Å². The number of aromatic nitrogens is 4. The Morgan fingerprint density at radius 1 is 0.383 bits per heavy atom. The van der Waals surface area contributed by atoms with Gasteiger partial charge in [0.2, 0.25) is 0 Å². The Hall–Kier alpha value is -7.76. The van der Waals surface area contributed by atoms with E-state index in [1.807, 2.05) is 85.2 Å². The van der Waals surface area contributed by atoms with Crippen LogP contribution in [0.4, 0.5) is 0 Å². The van der Waals surface area contributed by atoms with Crippen molar-refractivity contribution in [2.45, 2.75) is 19.3 Å². The molecule has 11 rings (SSSR count). The van der Waals surface area contributed by atoms with Crippen molar-refractivity contribution in [3.8, 4) is 90.2 Å². The standard InChI is InChI=1S/C55H38N4O/c1-55(2)47-23-13-11-21-42(47)45-30-46-44-29-39(28-27-36(44)26-25-35-15-9-10-20-41(35)43-22-12-14-24-51(43)60-52(46)31-48(45)55)49-32-50(59-54(58-49)38-18-7-4-8-19-38)40-33-56-53(57-34-40)37-16-5-3-6-17-37/h3-34H,1-2H3/b26-25-. The summed E-state index contributed by atoms with van der Waals surface area (Å²) in [7, 11) is 0. The fourth-order valence-electron chi connectivity index (χ4n) is 8.74. The molecule has 0 radical (unpaired) electrons. The third kappa shape index (κ3) is 6.11. The molecule has 0 fully saturated rings. The topological polar surface area (TPSA) is 60.8 Å². The molecule has 3 heterocycles. The molecule has 5 nitrogen and oxygen atoms in total. The van der Waals surface area contributed by atoms with E-state index in [-0.39, 0.29) is 5.41 Å². The van der Waals surface area contributed by atoms with E-state index < -0.39 is 0 Å². The maximum absolute atomic E-state index is 7.18. The van der Waals surface area contributed by atoms with Crippen LogP contribution in [0.2, 0.25) is 0 Å². The zero-order chi connectivity index (χ0) is 40.2. The first-order chi connectivity index (χ1) is 29.5. The van der Waals surface area contributed by atoms with E-state index in [0.29, 0.717) is 11.6 Å². The molecule has 7 aromatic carbocycles. The highest BCUT2D eigenvalue weighted by molar-refractivity contribution is 5.94. The molecule has 1 aliphatic heterocycles. The van der Waals surface area contributed by atoms with Crippen molar-refractivity contribution in [3.05, 3.63) is 205 Å². The number of hydrogen-bond donors (Lipinski definition) is 0. The lowest BCUT2D eigenvalue weighted by molar-refractivity contribution is 0.484. The monoisotopic (exact) mass is 770 g/mol. The fourth-order valence-corrected chi connectivity index (χ4v) is 8.74. The van der Waals surface area contributed by atoms with Gasteiger partial charge in [0.25, 0.3) is 0 Å². The highest BCUT2D eigenvalue weighted by Crippen LogP contribution is 2.53. The SMILES string of the molecule is CC1(C)c2ccccc2-c2cc3c(cc21)Oc1ccccc1-c1ccccc1/C=C\c1ccc(-c2cc(-c4cnc(-c5ccccc5)nc4)nc(-c4ccccc4)n2)cc1-3. The zero-order valence-electron chi connectivity index (χ0n) is 33.2. The lowest BCUT2D eigenvalue weighted by atomic mass is 9.81. The summed E-state index contributed by atoms with van der Waals surface area (Å²) in [6.07, 6.45) is 8.14. The maximum Gasteiger partial charge on any atom is 0.160 e. The number of benzene rings is 7. The van der Waals surface area contributed by atoms with E-state index in [1.54, 1.807) is 0 Å². The van der Waals surface area contributed by atoms with Gasteiger partial charge in [-0.15, -0.1) is 0 Å². The second-order valence-electron chi connectivity index (χ2n) is 15.9.